The second-order valence-electron chi connectivity index (χ2n) is 4.86. The van der Waals surface area contributed by atoms with E-state index in [2.05, 4.69) is 4.72 Å². The lowest BCUT2D eigenvalue weighted by atomic mass is 9.91. The smallest absolute Gasteiger partial charge is 0.241 e. The van der Waals surface area contributed by atoms with Crippen LogP contribution in [-0.2, 0) is 16.6 Å². The molecule has 0 fully saturated rings. The van der Waals surface area contributed by atoms with Crippen molar-refractivity contribution < 1.29 is 13.5 Å². The van der Waals surface area contributed by atoms with Crippen LogP contribution in [0.4, 0.5) is 0 Å². The lowest BCUT2D eigenvalue weighted by Crippen LogP contribution is -2.46. The second-order valence-corrected chi connectivity index (χ2v) is 6.95. The molecule has 0 aliphatic carbocycles. The van der Waals surface area contributed by atoms with Crippen molar-refractivity contribution in [2.24, 2.45) is 0 Å². The van der Waals surface area contributed by atoms with Crippen molar-refractivity contribution in [3.63, 3.8) is 0 Å². The molecule has 114 valence electrons. The molecule has 4 nitrogen and oxygen atoms in total. The van der Waals surface area contributed by atoms with Crippen LogP contribution in [0, 0.1) is 0 Å². The average Bonchev–Trinajstić information content (AvgIpc) is 2.44. The first kappa shape index (κ1) is 17.4. The van der Waals surface area contributed by atoms with Crippen LogP contribution < -0.4 is 4.72 Å². The third-order valence-electron chi connectivity index (χ3n) is 3.89. The van der Waals surface area contributed by atoms with Crippen molar-refractivity contribution >= 4 is 21.6 Å². The van der Waals surface area contributed by atoms with E-state index < -0.39 is 15.6 Å². The maximum atomic E-state index is 12.4. The van der Waals surface area contributed by atoms with Crippen molar-refractivity contribution in [1.82, 2.24) is 4.72 Å². The maximum absolute atomic E-state index is 12.4. The summed E-state index contributed by atoms with van der Waals surface area (Å²) >= 11 is 5.96. The highest BCUT2D eigenvalue weighted by molar-refractivity contribution is 7.89. The van der Waals surface area contributed by atoms with Crippen molar-refractivity contribution in [2.75, 3.05) is 0 Å². The van der Waals surface area contributed by atoms with Gasteiger partial charge in [-0.3, -0.25) is 0 Å². The highest BCUT2D eigenvalue weighted by Crippen LogP contribution is 2.25. The number of hydrogen-bond donors (Lipinski definition) is 2. The van der Waals surface area contributed by atoms with Gasteiger partial charge in [0.15, 0.2) is 0 Å². The molecule has 6 heteroatoms. The summed E-state index contributed by atoms with van der Waals surface area (Å²) < 4.78 is 27.7. The molecule has 20 heavy (non-hydrogen) atoms. The van der Waals surface area contributed by atoms with E-state index in [1.807, 2.05) is 20.8 Å². The summed E-state index contributed by atoms with van der Waals surface area (Å²) in [7, 11) is -3.62. The maximum Gasteiger partial charge on any atom is 0.241 e. The fourth-order valence-corrected chi connectivity index (χ4v) is 4.08. The number of nitrogens with one attached hydrogen (secondary N) is 1. The molecule has 0 spiro atoms. The minimum atomic E-state index is -3.62. The summed E-state index contributed by atoms with van der Waals surface area (Å²) in [5, 5.41) is 9.32. The van der Waals surface area contributed by atoms with E-state index in [0.29, 0.717) is 5.56 Å². The molecular formula is C14H22ClNO3S. The van der Waals surface area contributed by atoms with E-state index in [0.717, 1.165) is 19.3 Å². The molecule has 0 amide bonds. The highest BCUT2D eigenvalue weighted by Gasteiger charge is 2.30. The Morgan fingerprint density at radius 3 is 2.15 bits per heavy atom. The molecule has 0 heterocycles. The Hall–Kier alpha value is -0.620. The summed E-state index contributed by atoms with van der Waals surface area (Å²) in [6.45, 7) is 5.70. The second kappa shape index (κ2) is 6.89. The number of aliphatic hydroxyl groups excluding tert-OH is 1. The van der Waals surface area contributed by atoms with Gasteiger partial charge in [-0.25, -0.2) is 13.1 Å². The molecule has 1 aromatic rings. The molecule has 0 saturated heterocycles. The van der Waals surface area contributed by atoms with Gasteiger partial charge in [0.2, 0.25) is 10.0 Å². The Morgan fingerprint density at radius 2 is 1.75 bits per heavy atom. The van der Waals surface area contributed by atoms with Crippen molar-refractivity contribution in [3.05, 3.63) is 28.8 Å². The predicted molar refractivity (Wildman–Crippen MR) is 81.3 cm³/mol. The molecule has 0 saturated carbocycles. The Labute approximate surface area is 126 Å². The van der Waals surface area contributed by atoms with E-state index in [1.54, 1.807) is 0 Å². The summed E-state index contributed by atoms with van der Waals surface area (Å²) in [5.41, 5.74) is 0.0828. The van der Waals surface area contributed by atoms with Crippen molar-refractivity contribution in [2.45, 2.75) is 57.1 Å². The normalized spacial score (nSPS) is 12.7. The zero-order valence-corrected chi connectivity index (χ0v) is 13.7. The lowest BCUT2D eigenvalue weighted by molar-refractivity contribution is 0.282. The minimum Gasteiger partial charge on any atom is -0.392 e. The first-order chi connectivity index (χ1) is 9.34. The van der Waals surface area contributed by atoms with Gasteiger partial charge in [0.1, 0.15) is 0 Å². The molecule has 0 unspecified atom stereocenters. The van der Waals surface area contributed by atoms with Crippen LogP contribution in [0.3, 0.4) is 0 Å². The molecule has 1 aromatic carbocycles. The van der Waals surface area contributed by atoms with Gasteiger partial charge < -0.3 is 5.11 Å². The molecule has 0 radical (unpaired) electrons. The van der Waals surface area contributed by atoms with Gasteiger partial charge in [-0.15, -0.1) is 0 Å². The minimum absolute atomic E-state index is 0.124. The lowest BCUT2D eigenvalue weighted by Gasteiger charge is -2.31. The predicted octanol–water partition coefficient (Wildman–Crippen LogP) is 3.08. The number of aliphatic hydroxyl groups is 1. The Morgan fingerprint density at radius 1 is 1.20 bits per heavy atom. The van der Waals surface area contributed by atoms with Crippen molar-refractivity contribution in [1.29, 1.82) is 0 Å². The highest BCUT2D eigenvalue weighted by atomic mass is 35.5. The number of sulfonamides is 1. The summed E-state index contributed by atoms with van der Waals surface area (Å²) in [5.74, 6) is 0. The van der Waals surface area contributed by atoms with Gasteiger partial charge in [0.05, 0.1) is 11.5 Å². The molecule has 0 bridgehead atoms. The van der Waals surface area contributed by atoms with Gasteiger partial charge in [0.25, 0.3) is 0 Å². The first-order valence-corrected chi connectivity index (χ1v) is 8.63. The molecule has 0 atom stereocenters. The van der Waals surface area contributed by atoms with E-state index >= 15 is 0 Å². The van der Waals surface area contributed by atoms with E-state index in [4.69, 9.17) is 16.7 Å². The first-order valence-electron chi connectivity index (χ1n) is 6.77. The molecule has 0 aliphatic heterocycles. The number of hydrogen-bond acceptors (Lipinski definition) is 3. The Balaban J connectivity index is 3.14. The van der Waals surface area contributed by atoms with Crippen LogP contribution in [0.15, 0.2) is 23.1 Å². The Bertz CT molecular complexity index is 545. The quantitative estimate of drug-likeness (QED) is 0.811. The molecule has 0 aromatic heterocycles. The average molecular weight is 320 g/mol. The van der Waals surface area contributed by atoms with Crippen molar-refractivity contribution in [3.8, 4) is 0 Å². The number of halogens is 1. The van der Waals surface area contributed by atoms with Crippen LogP contribution in [0.25, 0.3) is 0 Å². The molecular weight excluding hydrogens is 298 g/mol. The molecule has 0 aliphatic rings. The topological polar surface area (TPSA) is 66.4 Å². The molecule has 1 rings (SSSR count). The van der Waals surface area contributed by atoms with Crippen LogP contribution in [-0.4, -0.2) is 19.1 Å². The fraction of sp³-hybridized carbons (Fsp3) is 0.571. The Kier molecular flexibility index (Phi) is 6.01. The van der Waals surface area contributed by atoms with Crippen LogP contribution >= 0.6 is 11.6 Å². The van der Waals surface area contributed by atoms with Crippen LogP contribution in [0.1, 0.15) is 45.6 Å². The monoisotopic (exact) mass is 319 g/mol. The van der Waals surface area contributed by atoms with Gasteiger partial charge >= 0.3 is 0 Å². The van der Waals surface area contributed by atoms with Gasteiger partial charge in [-0.2, -0.15) is 0 Å². The number of rotatable bonds is 7. The standard InChI is InChI=1S/C14H22ClNO3S/c1-4-14(5-2,6-3)16-20(18,19)12-8-7-11(10-17)13(15)9-12/h7-9,16-17H,4-6,10H2,1-3H3. The summed E-state index contributed by atoms with van der Waals surface area (Å²) in [4.78, 5) is 0.124. The third kappa shape index (κ3) is 3.73. The number of benzene rings is 1. The van der Waals surface area contributed by atoms with Gasteiger partial charge in [-0.05, 0) is 37.0 Å². The molecule has 2 N–H and O–H groups in total. The summed E-state index contributed by atoms with van der Waals surface area (Å²) in [6.07, 6.45) is 2.17. The largest absolute Gasteiger partial charge is 0.392 e. The SMILES string of the molecule is CCC(CC)(CC)NS(=O)(=O)c1ccc(CO)c(Cl)c1. The van der Waals surface area contributed by atoms with E-state index in [1.165, 1.54) is 18.2 Å². The zero-order valence-electron chi connectivity index (χ0n) is 12.1. The van der Waals surface area contributed by atoms with Crippen LogP contribution in [0.2, 0.25) is 5.02 Å². The van der Waals surface area contributed by atoms with Gasteiger partial charge in [-0.1, -0.05) is 38.4 Å². The van der Waals surface area contributed by atoms with E-state index in [-0.39, 0.29) is 16.5 Å². The van der Waals surface area contributed by atoms with Gasteiger partial charge in [0, 0.05) is 10.6 Å². The fourth-order valence-electron chi connectivity index (χ4n) is 2.13. The third-order valence-corrected chi connectivity index (χ3v) is 5.81. The van der Waals surface area contributed by atoms with Crippen LogP contribution in [0.5, 0.6) is 0 Å². The summed E-state index contributed by atoms with van der Waals surface area (Å²) in [6, 6.07) is 4.37. The zero-order chi connectivity index (χ0) is 15.4. The van der Waals surface area contributed by atoms with E-state index in [9.17, 15) is 8.42 Å².